The first-order chi connectivity index (χ1) is 18.1. The van der Waals surface area contributed by atoms with Crippen molar-refractivity contribution in [3.8, 4) is 16.3 Å². The van der Waals surface area contributed by atoms with Gasteiger partial charge in [-0.05, 0) is 50.1 Å². The minimum atomic E-state index is -0.929. The van der Waals surface area contributed by atoms with Crippen molar-refractivity contribution >= 4 is 39.7 Å². The Hall–Kier alpha value is -3.78. The number of fused-ring (bicyclic) bond motifs is 1. The molecule has 2 heterocycles. The molecule has 0 saturated heterocycles. The molecular formula is C30H33N3O4S. The standard InChI is InChI=1S/C30H33N3O4S/c1-5-21(27(31)19(2)34)18-37-25-10-11-26-23(15-25)14-24(16-30(3,4)29(35)36)33(26)17-20-6-8-22(9-7-20)28-32-12-13-38-28/h6-15,21,31H,5,16-18H2,1-4H3,(H,35,36)/t21-/m1/s1. The first-order valence-electron chi connectivity index (χ1n) is 12.7. The number of hydrogen-bond acceptors (Lipinski definition) is 6. The number of Topliss-reactive ketones (excluding diaryl/α,β-unsaturated/α-hetero) is 1. The predicted octanol–water partition coefficient (Wildman–Crippen LogP) is 6.48. The maximum atomic E-state index is 11.9. The molecule has 0 aliphatic heterocycles. The number of hydrogen-bond donors (Lipinski definition) is 2. The van der Waals surface area contributed by atoms with Crippen LogP contribution in [0.5, 0.6) is 5.75 Å². The lowest BCUT2D eigenvalue weighted by molar-refractivity contribution is -0.146. The average molecular weight is 532 g/mol. The molecule has 0 unspecified atom stereocenters. The summed E-state index contributed by atoms with van der Waals surface area (Å²) in [6, 6.07) is 16.2. The van der Waals surface area contributed by atoms with Crippen LogP contribution in [0.15, 0.2) is 60.1 Å². The van der Waals surface area contributed by atoms with E-state index in [-0.39, 0.29) is 24.0 Å². The number of aromatic nitrogens is 2. The highest BCUT2D eigenvalue weighted by Crippen LogP contribution is 2.31. The fourth-order valence-corrected chi connectivity index (χ4v) is 5.09. The molecule has 0 amide bonds. The summed E-state index contributed by atoms with van der Waals surface area (Å²) in [6.07, 6.45) is 2.81. The van der Waals surface area contributed by atoms with E-state index in [1.807, 2.05) is 36.6 Å². The summed E-state index contributed by atoms with van der Waals surface area (Å²) in [5, 5.41) is 21.7. The lowest BCUT2D eigenvalue weighted by Gasteiger charge is -2.21. The first kappa shape index (κ1) is 27.3. The second-order valence-electron chi connectivity index (χ2n) is 10.2. The molecule has 2 aromatic carbocycles. The number of nitrogens with one attached hydrogen (secondary N) is 1. The van der Waals surface area contributed by atoms with Crippen molar-refractivity contribution in [3.05, 3.63) is 71.4 Å². The Morgan fingerprint density at radius 3 is 2.50 bits per heavy atom. The number of carbonyl (C=O) groups excluding carboxylic acids is 1. The summed E-state index contributed by atoms with van der Waals surface area (Å²) in [6.45, 7) is 7.68. The lowest BCUT2D eigenvalue weighted by Crippen LogP contribution is -2.27. The fraction of sp³-hybridized carbons (Fsp3) is 0.333. The summed E-state index contributed by atoms with van der Waals surface area (Å²) in [5.41, 5.74) is 3.24. The van der Waals surface area contributed by atoms with Crippen LogP contribution in [0.2, 0.25) is 0 Å². The second-order valence-corrected chi connectivity index (χ2v) is 11.1. The summed E-state index contributed by atoms with van der Waals surface area (Å²) in [5.74, 6) is -0.684. The van der Waals surface area contributed by atoms with Crippen LogP contribution in [-0.2, 0) is 22.6 Å². The van der Waals surface area contributed by atoms with Crippen molar-refractivity contribution < 1.29 is 19.4 Å². The van der Waals surface area contributed by atoms with Gasteiger partial charge in [-0.25, -0.2) is 4.98 Å². The van der Waals surface area contributed by atoms with Gasteiger partial charge < -0.3 is 19.8 Å². The molecule has 8 heteroatoms. The fourth-order valence-electron chi connectivity index (χ4n) is 4.45. The SMILES string of the molecule is CC[C@H](COc1ccc2c(c1)cc(CC(C)(C)C(=O)O)n2Cc1ccc(-c2nccs2)cc1)C(=N)C(C)=O. The van der Waals surface area contributed by atoms with E-state index in [4.69, 9.17) is 10.1 Å². The highest BCUT2D eigenvalue weighted by atomic mass is 32.1. The Kier molecular flexibility index (Phi) is 8.11. The van der Waals surface area contributed by atoms with Crippen LogP contribution in [0.4, 0.5) is 0 Å². The number of aliphatic carboxylic acids is 1. The molecule has 0 saturated carbocycles. The van der Waals surface area contributed by atoms with E-state index in [0.717, 1.165) is 32.7 Å². The Bertz CT molecular complexity index is 1450. The number of carbonyl (C=O) groups is 2. The molecule has 4 rings (SSSR count). The Balaban J connectivity index is 1.64. The third kappa shape index (κ3) is 6.02. The zero-order valence-corrected chi connectivity index (χ0v) is 23.0. The first-order valence-corrected chi connectivity index (χ1v) is 13.5. The summed E-state index contributed by atoms with van der Waals surface area (Å²) in [7, 11) is 0. The smallest absolute Gasteiger partial charge is 0.309 e. The number of rotatable bonds is 12. The Morgan fingerprint density at radius 1 is 1.16 bits per heavy atom. The van der Waals surface area contributed by atoms with Crippen LogP contribution in [-0.4, -0.2) is 38.7 Å². The highest BCUT2D eigenvalue weighted by Gasteiger charge is 2.29. The minimum absolute atomic E-state index is 0.0822. The van der Waals surface area contributed by atoms with Gasteiger partial charge in [0.15, 0.2) is 5.78 Å². The molecule has 0 radical (unpaired) electrons. The van der Waals surface area contributed by atoms with Crippen molar-refractivity contribution in [1.82, 2.24) is 9.55 Å². The molecule has 7 nitrogen and oxygen atoms in total. The lowest BCUT2D eigenvalue weighted by atomic mass is 9.88. The average Bonchev–Trinajstić information content (AvgIpc) is 3.53. The van der Waals surface area contributed by atoms with E-state index in [1.165, 1.54) is 6.92 Å². The number of nitrogens with zero attached hydrogens (tertiary/aromatic N) is 2. The number of ether oxygens (including phenoxy) is 1. The van der Waals surface area contributed by atoms with Gasteiger partial charge in [0.25, 0.3) is 0 Å². The second kappa shape index (κ2) is 11.3. The van der Waals surface area contributed by atoms with Crippen molar-refractivity contribution in [2.45, 2.75) is 47.1 Å². The largest absolute Gasteiger partial charge is 0.493 e. The number of benzene rings is 2. The quantitative estimate of drug-likeness (QED) is 0.204. The molecule has 0 aliphatic rings. The molecular weight excluding hydrogens is 498 g/mol. The summed E-state index contributed by atoms with van der Waals surface area (Å²) >= 11 is 1.60. The number of thiazole rings is 1. The van der Waals surface area contributed by atoms with E-state index in [1.54, 1.807) is 31.4 Å². The van der Waals surface area contributed by atoms with Gasteiger partial charge in [-0.1, -0.05) is 31.2 Å². The maximum absolute atomic E-state index is 11.9. The van der Waals surface area contributed by atoms with Crippen molar-refractivity contribution in [3.63, 3.8) is 0 Å². The van der Waals surface area contributed by atoms with Gasteiger partial charge >= 0.3 is 5.97 Å². The Morgan fingerprint density at radius 2 is 1.89 bits per heavy atom. The topological polar surface area (TPSA) is 105 Å². The van der Waals surface area contributed by atoms with Crippen LogP contribution < -0.4 is 4.74 Å². The van der Waals surface area contributed by atoms with Crippen molar-refractivity contribution in [2.75, 3.05) is 6.61 Å². The molecule has 38 heavy (non-hydrogen) atoms. The molecule has 4 aromatic rings. The number of carboxylic acids is 1. The summed E-state index contributed by atoms with van der Waals surface area (Å²) < 4.78 is 8.16. The molecule has 1 atom stereocenters. The van der Waals surface area contributed by atoms with Crippen molar-refractivity contribution in [1.29, 1.82) is 5.41 Å². The van der Waals surface area contributed by atoms with Gasteiger partial charge in [0.1, 0.15) is 10.8 Å². The predicted molar refractivity (Wildman–Crippen MR) is 151 cm³/mol. The van der Waals surface area contributed by atoms with E-state index in [0.29, 0.717) is 25.1 Å². The third-order valence-electron chi connectivity index (χ3n) is 6.87. The maximum Gasteiger partial charge on any atom is 0.309 e. The van der Waals surface area contributed by atoms with Crippen molar-refractivity contribution in [2.24, 2.45) is 11.3 Å². The van der Waals surface area contributed by atoms with Crippen LogP contribution in [0.25, 0.3) is 21.5 Å². The molecule has 2 aromatic heterocycles. The van der Waals surface area contributed by atoms with E-state index in [2.05, 4.69) is 33.8 Å². The highest BCUT2D eigenvalue weighted by molar-refractivity contribution is 7.13. The monoisotopic (exact) mass is 531 g/mol. The van der Waals surface area contributed by atoms with Gasteiger partial charge in [0, 0.05) is 59.5 Å². The van der Waals surface area contributed by atoms with Gasteiger partial charge in [0.05, 0.1) is 17.7 Å². The van der Waals surface area contributed by atoms with Gasteiger partial charge in [-0.15, -0.1) is 11.3 Å². The van der Waals surface area contributed by atoms with Gasteiger partial charge in [-0.3, -0.25) is 9.59 Å². The zero-order chi connectivity index (χ0) is 27.4. The Labute approximate surface area is 226 Å². The molecule has 0 aliphatic carbocycles. The van der Waals surface area contributed by atoms with Crippen LogP contribution in [0.1, 0.15) is 45.4 Å². The number of ketones is 1. The minimum Gasteiger partial charge on any atom is -0.493 e. The number of carboxylic acid groups (broad SMARTS) is 1. The van der Waals surface area contributed by atoms with E-state index >= 15 is 0 Å². The molecule has 2 N–H and O–H groups in total. The van der Waals surface area contributed by atoms with Gasteiger partial charge in [-0.2, -0.15) is 0 Å². The van der Waals surface area contributed by atoms with Crippen LogP contribution in [0, 0.1) is 16.7 Å². The molecule has 0 fully saturated rings. The molecule has 198 valence electrons. The third-order valence-corrected chi connectivity index (χ3v) is 7.69. The normalized spacial score (nSPS) is 12.4. The van der Waals surface area contributed by atoms with E-state index < -0.39 is 11.4 Å². The molecule has 0 spiro atoms. The van der Waals surface area contributed by atoms with Crippen LogP contribution >= 0.6 is 11.3 Å². The molecule has 0 bridgehead atoms. The van der Waals surface area contributed by atoms with E-state index in [9.17, 15) is 14.7 Å². The van der Waals surface area contributed by atoms with Gasteiger partial charge in [0.2, 0.25) is 0 Å². The zero-order valence-electron chi connectivity index (χ0n) is 22.2. The summed E-state index contributed by atoms with van der Waals surface area (Å²) in [4.78, 5) is 27.9. The van der Waals surface area contributed by atoms with Crippen LogP contribution in [0.3, 0.4) is 0 Å².